The molecule has 0 aromatic carbocycles. The molecule has 0 spiro atoms. The van der Waals surface area contributed by atoms with Gasteiger partial charge in [-0.2, -0.15) is 0 Å². The number of rotatable bonds is 1. The van der Waals surface area contributed by atoms with Crippen molar-refractivity contribution in [1.29, 1.82) is 0 Å². The van der Waals surface area contributed by atoms with Crippen molar-refractivity contribution >= 4 is 11.8 Å². The summed E-state index contributed by atoms with van der Waals surface area (Å²) >= 11 is 2.17. The van der Waals surface area contributed by atoms with E-state index in [2.05, 4.69) is 17.1 Å². The van der Waals surface area contributed by atoms with Crippen molar-refractivity contribution in [3.8, 4) is 0 Å². The standard InChI is InChI=1S/C11H21NS/c1-2-4-7-10(6-3-1)11-12-8-5-9-13-11/h10-12H,1-9H2. The van der Waals surface area contributed by atoms with Crippen molar-refractivity contribution in [2.75, 3.05) is 12.3 Å². The zero-order valence-corrected chi connectivity index (χ0v) is 9.24. The molecule has 1 saturated heterocycles. The molecule has 0 amide bonds. The zero-order chi connectivity index (χ0) is 8.93. The Kier molecular flexibility index (Phi) is 3.98. The highest BCUT2D eigenvalue weighted by atomic mass is 32.2. The normalized spacial score (nSPS) is 32.8. The highest BCUT2D eigenvalue weighted by molar-refractivity contribution is 7.99. The topological polar surface area (TPSA) is 12.0 Å². The maximum Gasteiger partial charge on any atom is 0.0560 e. The summed E-state index contributed by atoms with van der Waals surface area (Å²) in [6, 6.07) is 0. The van der Waals surface area contributed by atoms with Crippen LogP contribution in [0.25, 0.3) is 0 Å². The molecule has 2 heteroatoms. The van der Waals surface area contributed by atoms with Gasteiger partial charge in [0.05, 0.1) is 5.37 Å². The fourth-order valence-corrected chi connectivity index (χ4v) is 3.85. The summed E-state index contributed by atoms with van der Waals surface area (Å²) in [7, 11) is 0. The van der Waals surface area contributed by atoms with Crippen molar-refractivity contribution in [3.63, 3.8) is 0 Å². The SMILES string of the molecule is C1CCCC(C2NCCCS2)CC1. The molecule has 0 bridgehead atoms. The summed E-state index contributed by atoms with van der Waals surface area (Å²) in [6.07, 6.45) is 10.2. The minimum absolute atomic E-state index is 0.798. The van der Waals surface area contributed by atoms with Gasteiger partial charge in [0.25, 0.3) is 0 Å². The Labute approximate surface area is 86.0 Å². The third-order valence-electron chi connectivity index (χ3n) is 3.29. The average molecular weight is 199 g/mol. The van der Waals surface area contributed by atoms with Gasteiger partial charge in [-0.3, -0.25) is 0 Å². The van der Waals surface area contributed by atoms with E-state index in [9.17, 15) is 0 Å². The van der Waals surface area contributed by atoms with Gasteiger partial charge in [-0.1, -0.05) is 25.7 Å². The number of hydrogen-bond acceptors (Lipinski definition) is 2. The number of thioether (sulfide) groups is 1. The maximum atomic E-state index is 3.68. The van der Waals surface area contributed by atoms with Gasteiger partial charge in [-0.25, -0.2) is 0 Å². The van der Waals surface area contributed by atoms with E-state index >= 15 is 0 Å². The molecule has 0 aromatic heterocycles. The van der Waals surface area contributed by atoms with Crippen molar-refractivity contribution in [1.82, 2.24) is 5.32 Å². The Morgan fingerprint density at radius 1 is 0.923 bits per heavy atom. The van der Waals surface area contributed by atoms with Gasteiger partial charge < -0.3 is 5.32 Å². The lowest BCUT2D eigenvalue weighted by Gasteiger charge is -2.30. The second kappa shape index (κ2) is 5.26. The molecule has 1 aliphatic carbocycles. The van der Waals surface area contributed by atoms with Crippen molar-refractivity contribution in [3.05, 3.63) is 0 Å². The Hall–Kier alpha value is 0.310. The third kappa shape index (κ3) is 2.88. The predicted molar refractivity (Wildman–Crippen MR) is 60.1 cm³/mol. The predicted octanol–water partition coefficient (Wildman–Crippen LogP) is 3.01. The van der Waals surface area contributed by atoms with E-state index in [-0.39, 0.29) is 0 Å². The summed E-state index contributed by atoms with van der Waals surface area (Å²) in [5.74, 6) is 2.36. The molecule has 1 aliphatic heterocycles. The largest absolute Gasteiger partial charge is 0.305 e. The molecule has 13 heavy (non-hydrogen) atoms. The van der Waals surface area contributed by atoms with E-state index in [0.29, 0.717) is 0 Å². The monoisotopic (exact) mass is 199 g/mol. The van der Waals surface area contributed by atoms with Crippen LogP contribution < -0.4 is 5.32 Å². The van der Waals surface area contributed by atoms with Crippen molar-refractivity contribution < 1.29 is 0 Å². The third-order valence-corrected chi connectivity index (χ3v) is 4.73. The smallest absolute Gasteiger partial charge is 0.0560 e. The summed E-state index contributed by atoms with van der Waals surface area (Å²) in [6.45, 7) is 1.26. The van der Waals surface area contributed by atoms with Gasteiger partial charge in [0.15, 0.2) is 0 Å². The molecule has 2 fully saturated rings. The van der Waals surface area contributed by atoms with Crippen LogP contribution in [0.15, 0.2) is 0 Å². The van der Waals surface area contributed by atoms with Crippen LogP contribution in [0.5, 0.6) is 0 Å². The fraction of sp³-hybridized carbons (Fsp3) is 1.00. The first-order valence-corrected chi connectivity index (χ1v) is 6.87. The fourth-order valence-electron chi connectivity index (χ4n) is 2.50. The lowest BCUT2D eigenvalue weighted by molar-refractivity contribution is 0.393. The molecule has 1 N–H and O–H groups in total. The van der Waals surface area contributed by atoms with E-state index in [1.165, 1.54) is 57.2 Å². The van der Waals surface area contributed by atoms with E-state index in [4.69, 9.17) is 0 Å². The van der Waals surface area contributed by atoms with E-state index < -0.39 is 0 Å². The Bertz CT molecular complexity index is 135. The van der Waals surface area contributed by atoms with Gasteiger partial charge in [0.2, 0.25) is 0 Å². The molecule has 0 radical (unpaired) electrons. The van der Waals surface area contributed by atoms with E-state index in [1.54, 1.807) is 0 Å². The van der Waals surface area contributed by atoms with Crippen LogP contribution in [0.3, 0.4) is 0 Å². The molecule has 76 valence electrons. The molecular formula is C11H21NS. The molecule has 1 heterocycles. The molecule has 2 aliphatic rings. The van der Waals surface area contributed by atoms with Crippen molar-refractivity contribution in [2.24, 2.45) is 5.92 Å². The summed E-state index contributed by atoms with van der Waals surface area (Å²) < 4.78 is 0. The molecular weight excluding hydrogens is 178 g/mol. The molecule has 0 aromatic rings. The quantitative estimate of drug-likeness (QED) is 0.652. The molecule has 1 atom stereocenters. The van der Waals surface area contributed by atoms with E-state index in [1.807, 2.05) is 0 Å². The minimum Gasteiger partial charge on any atom is -0.305 e. The van der Waals surface area contributed by atoms with Crippen molar-refractivity contribution in [2.45, 2.75) is 50.3 Å². The second-order valence-electron chi connectivity index (χ2n) is 4.35. The second-order valence-corrected chi connectivity index (χ2v) is 5.60. The Balaban J connectivity index is 1.82. The lowest BCUT2D eigenvalue weighted by Crippen LogP contribution is -2.37. The van der Waals surface area contributed by atoms with Crippen LogP contribution in [0.2, 0.25) is 0 Å². The highest BCUT2D eigenvalue weighted by Crippen LogP contribution is 2.31. The first kappa shape index (κ1) is 9.85. The Morgan fingerprint density at radius 2 is 1.69 bits per heavy atom. The average Bonchev–Trinajstić information content (AvgIpc) is 2.47. The van der Waals surface area contributed by atoms with Crippen LogP contribution in [-0.4, -0.2) is 17.7 Å². The molecule has 2 rings (SSSR count). The van der Waals surface area contributed by atoms with Gasteiger partial charge in [0, 0.05) is 0 Å². The molecule has 1 nitrogen and oxygen atoms in total. The van der Waals surface area contributed by atoms with Crippen LogP contribution in [-0.2, 0) is 0 Å². The molecule has 1 unspecified atom stereocenters. The Morgan fingerprint density at radius 3 is 2.31 bits per heavy atom. The van der Waals surface area contributed by atoms with Crippen LogP contribution in [0, 0.1) is 5.92 Å². The summed E-state index contributed by atoms with van der Waals surface area (Å²) in [5, 5.41) is 4.48. The van der Waals surface area contributed by atoms with Crippen LogP contribution in [0.1, 0.15) is 44.9 Å². The van der Waals surface area contributed by atoms with Crippen LogP contribution in [0.4, 0.5) is 0 Å². The van der Waals surface area contributed by atoms with Crippen LogP contribution >= 0.6 is 11.8 Å². The summed E-state index contributed by atoms with van der Waals surface area (Å²) in [5.41, 5.74) is 0. The first-order chi connectivity index (χ1) is 6.47. The van der Waals surface area contributed by atoms with Gasteiger partial charge in [-0.15, -0.1) is 11.8 Å². The maximum absolute atomic E-state index is 3.68. The van der Waals surface area contributed by atoms with Gasteiger partial charge in [-0.05, 0) is 37.5 Å². The summed E-state index contributed by atoms with van der Waals surface area (Å²) in [4.78, 5) is 0. The highest BCUT2D eigenvalue weighted by Gasteiger charge is 2.24. The first-order valence-electron chi connectivity index (χ1n) is 5.82. The minimum atomic E-state index is 0.798. The lowest BCUT2D eigenvalue weighted by atomic mass is 10.00. The van der Waals surface area contributed by atoms with E-state index in [0.717, 1.165) is 11.3 Å². The zero-order valence-electron chi connectivity index (χ0n) is 8.43. The number of hydrogen-bond donors (Lipinski definition) is 1. The number of nitrogens with one attached hydrogen (secondary N) is 1. The van der Waals surface area contributed by atoms with Gasteiger partial charge >= 0.3 is 0 Å². The van der Waals surface area contributed by atoms with Gasteiger partial charge in [0.1, 0.15) is 0 Å². The molecule has 1 saturated carbocycles.